The highest BCUT2D eigenvalue weighted by atomic mass is 16.5. The lowest BCUT2D eigenvalue weighted by Crippen LogP contribution is -2.24. The van der Waals surface area contributed by atoms with E-state index < -0.39 is 0 Å². The predicted octanol–water partition coefficient (Wildman–Crippen LogP) is 2.71. The Morgan fingerprint density at radius 3 is 2.67 bits per heavy atom. The highest BCUT2D eigenvalue weighted by Crippen LogP contribution is 1.98. The molecule has 0 aliphatic carbocycles. The Hall–Kier alpha value is -1.17. The summed E-state index contributed by atoms with van der Waals surface area (Å²) in [5.74, 6) is 5.68. The second-order valence-electron chi connectivity index (χ2n) is 3.26. The number of carbonyl (C=O) groups is 1. The second-order valence-corrected chi connectivity index (χ2v) is 3.26. The standard InChI is InChI=1S/C12H21NO2/c1-3-5-7-9-11-15-12(14)13-10-8-6-4-2/h3-5,7,9-11H2,1-2H3,(H,13,14). The number of hydrogen-bond acceptors (Lipinski definition) is 2. The van der Waals surface area contributed by atoms with Gasteiger partial charge in [0.05, 0.1) is 13.2 Å². The van der Waals surface area contributed by atoms with Gasteiger partial charge in [-0.25, -0.2) is 4.79 Å². The van der Waals surface area contributed by atoms with Crippen LogP contribution in [0.1, 0.15) is 46.0 Å². The van der Waals surface area contributed by atoms with Crippen molar-refractivity contribution in [1.82, 2.24) is 5.32 Å². The van der Waals surface area contributed by atoms with E-state index >= 15 is 0 Å². The molecule has 1 amide bonds. The Morgan fingerprint density at radius 2 is 2.00 bits per heavy atom. The fraction of sp³-hybridized carbons (Fsp3) is 0.750. The number of amides is 1. The number of unbranched alkanes of at least 4 members (excludes halogenated alkanes) is 3. The lowest BCUT2D eigenvalue weighted by molar-refractivity contribution is 0.145. The lowest BCUT2D eigenvalue weighted by Gasteiger charge is -2.03. The maximum absolute atomic E-state index is 11.0. The Morgan fingerprint density at radius 1 is 1.20 bits per heavy atom. The first-order chi connectivity index (χ1) is 7.31. The average Bonchev–Trinajstić information content (AvgIpc) is 2.24. The van der Waals surface area contributed by atoms with Gasteiger partial charge in [-0.1, -0.05) is 39.0 Å². The normalized spacial score (nSPS) is 8.93. The Balaban J connectivity index is 3.26. The van der Waals surface area contributed by atoms with Crippen LogP contribution in [0.15, 0.2) is 0 Å². The summed E-state index contributed by atoms with van der Waals surface area (Å²) in [6.07, 6.45) is 4.91. The summed E-state index contributed by atoms with van der Waals surface area (Å²) in [4.78, 5) is 11.0. The number of carbonyl (C=O) groups excluding carboxylic acids is 1. The highest BCUT2D eigenvalue weighted by Gasteiger charge is 1.98. The van der Waals surface area contributed by atoms with Crippen molar-refractivity contribution in [2.45, 2.75) is 46.0 Å². The number of hydrogen-bond donors (Lipinski definition) is 1. The van der Waals surface area contributed by atoms with E-state index in [9.17, 15) is 4.79 Å². The molecule has 0 aromatic heterocycles. The minimum Gasteiger partial charge on any atom is -0.450 e. The van der Waals surface area contributed by atoms with E-state index in [0.29, 0.717) is 13.2 Å². The molecule has 0 saturated carbocycles. The number of nitrogens with one attached hydrogen (secondary N) is 1. The van der Waals surface area contributed by atoms with Crippen molar-refractivity contribution >= 4 is 6.09 Å². The average molecular weight is 211 g/mol. The monoisotopic (exact) mass is 211 g/mol. The van der Waals surface area contributed by atoms with Crippen molar-refractivity contribution in [2.75, 3.05) is 13.2 Å². The summed E-state index contributed by atoms with van der Waals surface area (Å²) in [5, 5.41) is 2.57. The van der Waals surface area contributed by atoms with Crippen LogP contribution in [0.5, 0.6) is 0 Å². The molecule has 0 saturated heterocycles. The summed E-state index contributed by atoms with van der Waals surface area (Å²) in [7, 11) is 0. The van der Waals surface area contributed by atoms with Crippen LogP contribution >= 0.6 is 0 Å². The summed E-state index contributed by atoms with van der Waals surface area (Å²) in [6.45, 7) is 5.01. The molecule has 0 heterocycles. The van der Waals surface area contributed by atoms with E-state index in [-0.39, 0.29) is 6.09 Å². The molecule has 0 atom stereocenters. The number of alkyl carbamates (subject to hydrolysis) is 1. The molecule has 86 valence electrons. The van der Waals surface area contributed by atoms with E-state index in [2.05, 4.69) is 24.1 Å². The van der Waals surface area contributed by atoms with Gasteiger partial charge in [0.15, 0.2) is 0 Å². The van der Waals surface area contributed by atoms with E-state index in [1.807, 2.05) is 6.92 Å². The molecule has 0 spiro atoms. The van der Waals surface area contributed by atoms with Crippen LogP contribution in [0.2, 0.25) is 0 Å². The van der Waals surface area contributed by atoms with E-state index in [0.717, 1.165) is 19.3 Å². The summed E-state index contributed by atoms with van der Waals surface area (Å²) >= 11 is 0. The number of rotatable bonds is 6. The van der Waals surface area contributed by atoms with E-state index in [4.69, 9.17) is 4.74 Å². The summed E-state index contributed by atoms with van der Waals surface area (Å²) in [5.41, 5.74) is 0. The van der Waals surface area contributed by atoms with Gasteiger partial charge in [-0.3, -0.25) is 0 Å². The zero-order chi connectivity index (χ0) is 11.4. The van der Waals surface area contributed by atoms with Gasteiger partial charge in [0.2, 0.25) is 0 Å². The molecule has 0 fully saturated rings. The Kier molecular flexibility index (Phi) is 10.1. The van der Waals surface area contributed by atoms with Gasteiger partial charge in [-0.2, -0.15) is 0 Å². The zero-order valence-electron chi connectivity index (χ0n) is 9.77. The maximum Gasteiger partial charge on any atom is 0.407 e. The second kappa shape index (κ2) is 10.9. The SMILES string of the molecule is CCC#CCNC(=O)OCCCCCC. The molecule has 0 aromatic rings. The first kappa shape index (κ1) is 13.8. The maximum atomic E-state index is 11.0. The first-order valence-electron chi connectivity index (χ1n) is 5.67. The van der Waals surface area contributed by atoms with Crippen LogP contribution in [-0.2, 0) is 4.74 Å². The molecule has 0 aliphatic rings. The third-order valence-corrected chi connectivity index (χ3v) is 1.85. The fourth-order valence-corrected chi connectivity index (χ4v) is 1.05. The Labute approximate surface area is 92.6 Å². The van der Waals surface area contributed by atoms with Crippen molar-refractivity contribution in [1.29, 1.82) is 0 Å². The highest BCUT2D eigenvalue weighted by molar-refractivity contribution is 5.67. The predicted molar refractivity (Wildman–Crippen MR) is 61.6 cm³/mol. The van der Waals surface area contributed by atoms with Crippen LogP contribution in [0.4, 0.5) is 4.79 Å². The van der Waals surface area contributed by atoms with Crippen molar-refractivity contribution in [3.8, 4) is 11.8 Å². The molecule has 0 bridgehead atoms. The molecule has 3 nitrogen and oxygen atoms in total. The van der Waals surface area contributed by atoms with Gasteiger partial charge < -0.3 is 10.1 Å². The van der Waals surface area contributed by atoms with Gasteiger partial charge in [-0.05, 0) is 6.42 Å². The van der Waals surface area contributed by atoms with Crippen molar-refractivity contribution < 1.29 is 9.53 Å². The van der Waals surface area contributed by atoms with Crippen molar-refractivity contribution in [3.05, 3.63) is 0 Å². The summed E-state index contributed by atoms with van der Waals surface area (Å²) < 4.78 is 4.95. The zero-order valence-corrected chi connectivity index (χ0v) is 9.77. The molecule has 1 N–H and O–H groups in total. The van der Waals surface area contributed by atoms with Crippen LogP contribution in [0.25, 0.3) is 0 Å². The Bertz CT molecular complexity index is 215. The van der Waals surface area contributed by atoms with Gasteiger partial charge >= 0.3 is 6.09 Å². The first-order valence-corrected chi connectivity index (χ1v) is 5.67. The largest absolute Gasteiger partial charge is 0.450 e. The third-order valence-electron chi connectivity index (χ3n) is 1.85. The lowest BCUT2D eigenvalue weighted by atomic mass is 10.2. The van der Waals surface area contributed by atoms with Crippen LogP contribution in [0.3, 0.4) is 0 Å². The molecule has 0 radical (unpaired) electrons. The van der Waals surface area contributed by atoms with Gasteiger partial charge in [0.25, 0.3) is 0 Å². The minimum atomic E-state index is -0.364. The molecule has 0 aromatic carbocycles. The van der Waals surface area contributed by atoms with E-state index in [1.165, 1.54) is 12.8 Å². The third kappa shape index (κ3) is 10.8. The van der Waals surface area contributed by atoms with Crippen molar-refractivity contribution in [2.24, 2.45) is 0 Å². The van der Waals surface area contributed by atoms with Gasteiger partial charge in [0.1, 0.15) is 0 Å². The topological polar surface area (TPSA) is 38.3 Å². The van der Waals surface area contributed by atoms with Gasteiger partial charge in [0, 0.05) is 6.42 Å². The van der Waals surface area contributed by atoms with Crippen LogP contribution in [-0.4, -0.2) is 19.2 Å². The molecular weight excluding hydrogens is 190 g/mol. The van der Waals surface area contributed by atoms with E-state index in [1.54, 1.807) is 0 Å². The van der Waals surface area contributed by atoms with Crippen LogP contribution in [0, 0.1) is 11.8 Å². The van der Waals surface area contributed by atoms with Gasteiger partial charge in [-0.15, -0.1) is 5.92 Å². The molecule has 0 aliphatic heterocycles. The molecule has 3 heteroatoms. The quantitative estimate of drug-likeness (QED) is 0.542. The smallest absolute Gasteiger partial charge is 0.407 e. The minimum absolute atomic E-state index is 0.364. The molecule has 0 unspecified atom stereocenters. The molecule has 0 rings (SSSR count). The fourth-order valence-electron chi connectivity index (χ4n) is 1.05. The molecule has 15 heavy (non-hydrogen) atoms. The number of ether oxygens (including phenoxy) is 1. The van der Waals surface area contributed by atoms with Crippen molar-refractivity contribution in [3.63, 3.8) is 0 Å². The summed E-state index contributed by atoms with van der Waals surface area (Å²) in [6, 6.07) is 0. The van der Waals surface area contributed by atoms with Crippen LogP contribution < -0.4 is 5.32 Å². The molecular formula is C12H21NO2.